The van der Waals surface area contributed by atoms with Gasteiger partial charge in [-0.05, 0) is 13.3 Å². The number of allylic oxidation sites excluding steroid dienone is 1. The summed E-state index contributed by atoms with van der Waals surface area (Å²) in [6.07, 6.45) is 4.62. The molecule has 0 amide bonds. The Hall–Kier alpha value is -0.790. The third-order valence-electron chi connectivity index (χ3n) is 0.681. The first kappa shape index (κ1) is 7.21. The fraction of sp³-hybridized carbons (Fsp3) is 0.500. The van der Waals surface area contributed by atoms with Gasteiger partial charge < -0.3 is 4.74 Å². The van der Waals surface area contributed by atoms with E-state index in [9.17, 15) is 4.79 Å². The zero-order valence-electron chi connectivity index (χ0n) is 4.89. The van der Waals surface area contributed by atoms with Crippen molar-refractivity contribution in [1.29, 1.82) is 0 Å². The van der Waals surface area contributed by atoms with Crippen molar-refractivity contribution in [1.82, 2.24) is 0 Å². The molecule has 0 spiro atoms. The van der Waals surface area contributed by atoms with Crippen LogP contribution in [-0.4, -0.2) is 13.1 Å². The van der Waals surface area contributed by atoms with E-state index in [1.807, 2.05) is 19.1 Å². The first-order valence-electron chi connectivity index (χ1n) is 2.52. The van der Waals surface area contributed by atoms with E-state index in [-0.39, 0.29) is 0 Å². The van der Waals surface area contributed by atoms with Crippen LogP contribution < -0.4 is 0 Å². The van der Waals surface area contributed by atoms with E-state index in [0.29, 0.717) is 6.61 Å². The highest BCUT2D eigenvalue weighted by molar-refractivity contribution is 5.38. The molecular formula is C6H9O2. The average Bonchev–Trinajstić information content (AvgIpc) is 1.81. The number of hydrogen-bond donors (Lipinski definition) is 0. The molecule has 0 saturated carbocycles. The summed E-state index contributed by atoms with van der Waals surface area (Å²) in [6.45, 7) is 3.70. The molecule has 1 radical (unpaired) electrons. The van der Waals surface area contributed by atoms with Crippen LogP contribution >= 0.6 is 0 Å². The van der Waals surface area contributed by atoms with E-state index in [1.165, 1.54) is 6.47 Å². The Labute approximate surface area is 49.1 Å². The summed E-state index contributed by atoms with van der Waals surface area (Å²) in [5, 5.41) is 0. The largest absolute Gasteiger partial charge is 0.457 e. The van der Waals surface area contributed by atoms with Crippen molar-refractivity contribution < 1.29 is 9.53 Å². The molecule has 0 aromatic heterocycles. The van der Waals surface area contributed by atoms with Gasteiger partial charge in [0.1, 0.15) is 0 Å². The van der Waals surface area contributed by atoms with Crippen molar-refractivity contribution >= 4 is 6.47 Å². The third-order valence-corrected chi connectivity index (χ3v) is 0.681. The Morgan fingerprint density at radius 3 is 3.00 bits per heavy atom. The van der Waals surface area contributed by atoms with E-state index in [2.05, 4.69) is 4.74 Å². The number of hydrogen-bond acceptors (Lipinski definition) is 2. The van der Waals surface area contributed by atoms with Gasteiger partial charge in [-0.3, -0.25) is 0 Å². The number of ether oxygens (including phenoxy) is 1. The van der Waals surface area contributed by atoms with Crippen LogP contribution in [0.2, 0.25) is 0 Å². The summed E-state index contributed by atoms with van der Waals surface area (Å²) in [7, 11) is 0. The predicted molar refractivity (Wildman–Crippen MR) is 31.1 cm³/mol. The second-order valence-electron chi connectivity index (χ2n) is 1.29. The van der Waals surface area contributed by atoms with Gasteiger partial charge in [-0.15, -0.1) is 0 Å². The molecule has 0 bridgehead atoms. The molecule has 0 aliphatic heterocycles. The Bertz CT molecular complexity index is 76.6. The Morgan fingerprint density at radius 1 is 1.75 bits per heavy atom. The maximum absolute atomic E-state index is 9.40. The van der Waals surface area contributed by atoms with Crippen LogP contribution in [0, 0.1) is 0 Å². The predicted octanol–water partition coefficient (Wildman–Crippen LogP) is 1.04. The van der Waals surface area contributed by atoms with Crippen LogP contribution in [0.4, 0.5) is 0 Å². The lowest BCUT2D eigenvalue weighted by Crippen LogP contribution is -1.87. The topological polar surface area (TPSA) is 26.3 Å². The lowest BCUT2D eigenvalue weighted by Gasteiger charge is -1.87. The van der Waals surface area contributed by atoms with Gasteiger partial charge in [0, 0.05) is 0 Å². The average molecular weight is 113 g/mol. The van der Waals surface area contributed by atoms with Crippen LogP contribution in [0.1, 0.15) is 13.3 Å². The van der Waals surface area contributed by atoms with Crippen LogP contribution in [0.3, 0.4) is 0 Å². The van der Waals surface area contributed by atoms with Crippen molar-refractivity contribution in [2.24, 2.45) is 0 Å². The standard InChI is InChI=1S/C6H9O2/c1-2-3-4-5-8-6-7/h2-3H,4-5H2,1H3/b3-2+. The van der Waals surface area contributed by atoms with Crippen LogP contribution in [0.25, 0.3) is 0 Å². The van der Waals surface area contributed by atoms with Crippen molar-refractivity contribution in [2.45, 2.75) is 13.3 Å². The highest BCUT2D eigenvalue weighted by Gasteiger charge is 1.77. The second-order valence-corrected chi connectivity index (χ2v) is 1.29. The zero-order valence-corrected chi connectivity index (χ0v) is 4.89. The van der Waals surface area contributed by atoms with Crippen LogP contribution in [0.5, 0.6) is 0 Å². The Balaban J connectivity index is 2.82. The molecule has 0 saturated heterocycles. The minimum atomic E-state index is 0.438. The molecule has 0 fully saturated rings. The molecule has 0 aromatic rings. The number of rotatable bonds is 4. The maximum atomic E-state index is 9.40. The Morgan fingerprint density at radius 2 is 2.50 bits per heavy atom. The van der Waals surface area contributed by atoms with Gasteiger partial charge in [-0.2, -0.15) is 0 Å². The van der Waals surface area contributed by atoms with Gasteiger partial charge in [0.2, 0.25) is 0 Å². The first-order valence-corrected chi connectivity index (χ1v) is 2.52. The van der Waals surface area contributed by atoms with Gasteiger partial charge >= 0.3 is 6.47 Å². The zero-order chi connectivity index (χ0) is 6.24. The fourth-order valence-corrected chi connectivity index (χ4v) is 0.335. The van der Waals surface area contributed by atoms with E-state index in [4.69, 9.17) is 0 Å². The summed E-state index contributed by atoms with van der Waals surface area (Å²) < 4.78 is 4.28. The SMILES string of the molecule is C/C=C/CCO[C]=O. The summed E-state index contributed by atoms with van der Waals surface area (Å²) >= 11 is 0. The summed E-state index contributed by atoms with van der Waals surface area (Å²) in [4.78, 5) is 9.40. The molecule has 0 aromatic carbocycles. The van der Waals surface area contributed by atoms with Gasteiger partial charge in [0.15, 0.2) is 0 Å². The molecule has 0 N–H and O–H groups in total. The minimum absolute atomic E-state index is 0.438. The molecular weight excluding hydrogens is 104 g/mol. The van der Waals surface area contributed by atoms with E-state index < -0.39 is 0 Å². The molecule has 45 valence electrons. The molecule has 0 heterocycles. The first-order chi connectivity index (χ1) is 3.91. The molecule has 8 heavy (non-hydrogen) atoms. The van der Waals surface area contributed by atoms with Gasteiger partial charge in [0.25, 0.3) is 0 Å². The maximum Gasteiger partial charge on any atom is 0.417 e. The molecule has 0 aliphatic rings. The van der Waals surface area contributed by atoms with Crippen molar-refractivity contribution in [3.8, 4) is 0 Å². The second kappa shape index (κ2) is 6.21. The van der Waals surface area contributed by atoms with Crippen molar-refractivity contribution in [3.05, 3.63) is 12.2 Å². The quantitative estimate of drug-likeness (QED) is 0.402. The lowest BCUT2D eigenvalue weighted by atomic mass is 10.4. The van der Waals surface area contributed by atoms with E-state index in [1.54, 1.807) is 0 Å². The molecule has 0 atom stereocenters. The molecule has 0 aliphatic carbocycles. The normalized spacial score (nSPS) is 9.62. The van der Waals surface area contributed by atoms with E-state index in [0.717, 1.165) is 6.42 Å². The summed E-state index contributed by atoms with van der Waals surface area (Å²) in [5.74, 6) is 0. The summed E-state index contributed by atoms with van der Waals surface area (Å²) in [6, 6.07) is 0. The monoisotopic (exact) mass is 113 g/mol. The number of carbonyl (C=O) groups excluding carboxylic acids is 1. The lowest BCUT2D eigenvalue weighted by molar-refractivity contribution is 0.284. The smallest absolute Gasteiger partial charge is 0.417 e. The van der Waals surface area contributed by atoms with E-state index >= 15 is 0 Å². The van der Waals surface area contributed by atoms with Gasteiger partial charge in [0.05, 0.1) is 6.61 Å². The third kappa shape index (κ3) is 5.21. The fourth-order valence-electron chi connectivity index (χ4n) is 0.335. The molecule has 0 unspecified atom stereocenters. The van der Waals surface area contributed by atoms with Crippen molar-refractivity contribution in [2.75, 3.05) is 6.61 Å². The minimum Gasteiger partial charge on any atom is -0.457 e. The van der Waals surface area contributed by atoms with Crippen LogP contribution in [-0.2, 0) is 9.53 Å². The highest BCUT2D eigenvalue weighted by Crippen LogP contribution is 1.81. The Kier molecular flexibility index (Phi) is 5.60. The molecule has 2 nitrogen and oxygen atoms in total. The molecule has 2 heteroatoms. The van der Waals surface area contributed by atoms with Gasteiger partial charge in [-0.1, -0.05) is 12.2 Å². The van der Waals surface area contributed by atoms with Gasteiger partial charge in [-0.25, -0.2) is 4.79 Å². The highest BCUT2D eigenvalue weighted by atomic mass is 16.5. The van der Waals surface area contributed by atoms with Crippen molar-refractivity contribution in [3.63, 3.8) is 0 Å². The summed E-state index contributed by atoms with van der Waals surface area (Å²) in [5.41, 5.74) is 0. The molecule has 0 rings (SSSR count). The van der Waals surface area contributed by atoms with Crippen LogP contribution in [0.15, 0.2) is 12.2 Å².